The molecule has 1 saturated heterocycles. The monoisotopic (exact) mass is 494 g/mol. The molecule has 0 aliphatic carbocycles. The Kier molecular flexibility index (Phi) is 8.77. The van der Waals surface area contributed by atoms with E-state index in [4.69, 9.17) is 14.2 Å². The largest absolute Gasteiger partial charge is 0.507 e. The van der Waals surface area contributed by atoms with E-state index in [2.05, 4.69) is 6.58 Å². The van der Waals surface area contributed by atoms with Crippen molar-refractivity contribution in [2.24, 2.45) is 0 Å². The number of Topliss-reactive ketones (excluding diaryl/α,β-unsaturated/α-hetero) is 1. The number of ether oxygens (including phenoxy) is 3. The lowest BCUT2D eigenvalue weighted by Crippen LogP contribution is -2.35. The Labute approximate surface area is 212 Å². The molecule has 8 heteroatoms. The molecule has 8 nitrogen and oxygen atoms in total. The molecule has 1 aliphatic heterocycles. The van der Waals surface area contributed by atoms with Crippen LogP contribution in [0.3, 0.4) is 0 Å². The van der Waals surface area contributed by atoms with Crippen molar-refractivity contribution in [1.29, 1.82) is 0 Å². The second-order valence-corrected chi connectivity index (χ2v) is 9.00. The third-order valence-corrected chi connectivity index (χ3v) is 5.69. The number of aliphatic hydroxyl groups is 1. The van der Waals surface area contributed by atoms with Gasteiger partial charge in [0.15, 0.2) is 11.5 Å². The molecule has 3 rings (SSSR count). The molecule has 0 bridgehead atoms. The minimum atomic E-state index is -0.793. The van der Waals surface area contributed by atoms with Gasteiger partial charge in [-0.15, -0.1) is 0 Å². The smallest absolute Gasteiger partial charge is 0.295 e. The predicted octanol–water partition coefficient (Wildman–Crippen LogP) is 4.03. The van der Waals surface area contributed by atoms with Crippen molar-refractivity contribution in [2.45, 2.75) is 26.0 Å². The van der Waals surface area contributed by atoms with Gasteiger partial charge in [-0.1, -0.05) is 18.7 Å². The molecule has 1 aliphatic rings. The highest BCUT2D eigenvalue weighted by molar-refractivity contribution is 6.46. The summed E-state index contributed by atoms with van der Waals surface area (Å²) in [6, 6.07) is 11.2. The van der Waals surface area contributed by atoms with E-state index in [0.717, 1.165) is 0 Å². The fourth-order valence-electron chi connectivity index (χ4n) is 4.01. The zero-order valence-corrected chi connectivity index (χ0v) is 21.5. The third kappa shape index (κ3) is 5.88. The first-order valence-corrected chi connectivity index (χ1v) is 11.8. The standard InChI is InChI=1S/C28H34N2O6/c1-7-16-35-22-13-10-20(17-23(22)34-6)25-24(27(32)28(33)30(25)15-14-29(4)5)26(31)19-8-11-21(12-9-19)36-18(2)3/h7-13,17-18,25,31H,1,14-16H2,2-6H3. The number of amides is 1. The maximum absolute atomic E-state index is 13.2. The molecule has 0 aromatic heterocycles. The van der Waals surface area contributed by atoms with Crippen LogP contribution in [0.25, 0.3) is 5.76 Å². The van der Waals surface area contributed by atoms with Crippen LogP contribution in [0.4, 0.5) is 0 Å². The number of aliphatic hydroxyl groups excluding tert-OH is 1. The molecule has 192 valence electrons. The predicted molar refractivity (Wildman–Crippen MR) is 138 cm³/mol. The summed E-state index contributed by atoms with van der Waals surface area (Å²) in [5, 5.41) is 11.3. The quantitative estimate of drug-likeness (QED) is 0.218. The van der Waals surface area contributed by atoms with Crippen molar-refractivity contribution >= 4 is 17.4 Å². The Morgan fingerprint density at radius 1 is 1.14 bits per heavy atom. The summed E-state index contributed by atoms with van der Waals surface area (Å²) in [5.74, 6) is -0.0363. The van der Waals surface area contributed by atoms with Gasteiger partial charge in [-0.25, -0.2) is 0 Å². The van der Waals surface area contributed by atoms with Crippen LogP contribution in [0.1, 0.15) is 31.0 Å². The molecule has 1 unspecified atom stereocenters. The van der Waals surface area contributed by atoms with Crippen LogP contribution in [-0.4, -0.2) is 73.6 Å². The molecule has 1 atom stereocenters. The number of likely N-dealkylation sites (N-methyl/N-ethyl adjacent to an activating group) is 1. The highest BCUT2D eigenvalue weighted by atomic mass is 16.5. The minimum absolute atomic E-state index is 0.000111. The third-order valence-electron chi connectivity index (χ3n) is 5.69. The summed E-state index contributed by atoms with van der Waals surface area (Å²) in [7, 11) is 5.30. The fourth-order valence-corrected chi connectivity index (χ4v) is 4.01. The Bertz CT molecular complexity index is 1140. The molecule has 1 heterocycles. The molecule has 2 aromatic rings. The lowest BCUT2D eigenvalue weighted by Gasteiger charge is -2.27. The number of hydrogen-bond acceptors (Lipinski definition) is 7. The van der Waals surface area contributed by atoms with E-state index < -0.39 is 17.7 Å². The minimum Gasteiger partial charge on any atom is -0.507 e. The topological polar surface area (TPSA) is 88.5 Å². The Hall–Kier alpha value is -3.78. The molecule has 1 fully saturated rings. The van der Waals surface area contributed by atoms with Gasteiger partial charge in [0.05, 0.1) is 24.8 Å². The van der Waals surface area contributed by atoms with Gasteiger partial charge in [-0.05, 0) is 69.9 Å². The first-order valence-electron chi connectivity index (χ1n) is 11.8. The summed E-state index contributed by atoms with van der Waals surface area (Å²) >= 11 is 0. The lowest BCUT2D eigenvalue weighted by atomic mass is 9.95. The van der Waals surface area contributed by atoms with Crippen LogP contribution in [0.2, 0.25) is 0 Å². The first kappa shape index (κ1) is 26.8. The summed E-state index contributed by atoms with van der Waals surface area (Å²) < 4.78 is 16.8. The van der Waals surface area contributed by atoms with Crippen molar-refractivity contribution in [3.8, 4) is 17.2 Å². The van der Waals surface area contributed by atoms with Crippen LogP contribution >= 0.6 is 0 Å². The first-order chi connectivity index (χ1) is 17.2. The van der Waals surface area contributed by atoms with Crippen molar-refractivity contribution in [1.82, 2.24) is 9.80 Å². The van der Waals surface area contributed by atoms with Gasteiger partial charge >= 0.3 is 0 Å². The van der Waals surface area contributed by atoms with E-state index >= 15 is 0 Å². The molecule has 1 amide bonds. The summed E-state index contributed by atoms with van der Waals surface area (Å²) in [6.45, 7) is 8.65. The molecule has 36 heavy (non-hydrogen) atoms. The van der Waals surface area contributed by atoms with Gasteiger partial charge in [-0.3, -0.25) is 9.59 Å². The summed E-state index contributed by atoms with van der Waals surface area (Å²) in [5.41, 5.74) is 1.06. The maximum Gasteiger partial charge on any atom is 0.295 e. The van der Waals surface area contributed by atoms with E-state index in [1.165, 1.54) is 12.0 Å². The lowest BCUT2D eigenvalue weighted by molar-refractivity contribution is -0.140. The SMILES string of the molecule is C=CCOc1ccc(C2C(=C(O)c3ccc(OC(C)C)cc3)C(=O)C(=O)N2CCN(C)C)cc1OC. The number of carbonyl (C=O) groups is 2. The fraction of sp³-hybridized carbons (Fsp3) is 0.357. The van der Waals surface area contributed by atoms with Crippen molar-refractivity contribution in [2.75, 3.05) is 40.9 Å². The number of nitrogens with zero attached hydrogens (tertiary/aromatic N) is 2. The van der Waals surface area contributed by atoms with E-state index in [-0.39, 0.29) is 17.4 Å². The number of benzene rings is 2. The maximum atomic E-state index is 13.2. The number of hydrogen-bond donors (Lipinski definition) is 1. The number of carbonyl (C=O) groups excluding carboxylic acids is 2. The van der Waals surface area contributed by atoms with Crippen LogP contribution < -0.4 is 14.2 Å². The van der Waals surface area contributed by atoms with Crippen LogP contribution in [0.5, 0.6) is 17.2 Å². The molecular formula is C28H34N2O6. The number of ketones is 1. The average molecular weight is 495 g/mol. The molecule has 0 saturated carbocycles. The summed E-state index contributed by atoms with van der Waals surface area (Å²) in [4.78, 5) is 29.7. The van der Waals surface area contributed by atoms with Crippen LogP contribution in [0, 0.1) is 0 Å². The van der Waals surface area contributed by atoms with Crippen molar-refractivity contribution < 1.29 is 28.9 Å². The Morgan fingerprint density at radius 3 is 2.42 bits per heavy atom. The highest BCUT2D eigenvalue weighted by Gasteiger charge is 2.46. The van der Waals surface area contributed by atoms with Gasteiger partial charge in [0.25, 0.3) is 11.7 Å². The van der Waals surface area contributed by atoms with Crippen LogP contribution in [0.15, 0.2) is 60.7 Å². The van der Waals surface area contributed by atoms with Gasteiger partial charge in [0, 0.05) is 18.7 Å². The second-order valence-electron chi connectivity index (χ2n) is 9.00. The van der Waals surface area contributed by atoms with E-state index in [9.17, 15) is 14.7 Å². The zero-order chi connectivity index (χ0) is 26.4. The van der Waals surface area contributed by atoms with Gasteiger partial charge in [0.2, 0.25) is 0 Å². The van der Waals surface area contributed by atoms with E-state index in [0.29, 0.717) is 48.1 Å². The van der Waals surface area contributed by atoms with E-state index in [1.54, 1.807) is 48.5 Å². The molecule has 0 spiro atoms. The Morgan fingerprint density at radius 2 is 1.83 bits per heavy atom. The van der Waals surface area contributed by atoms with Gasteiger partial charge in [-0.2, -0.15) is 0 Å². The van der Waals surface area contributed by atoms with Gasteiger partial charge in [0.1, 0.15) is 18.1 Å². The van der Waals surface area contributed by atoms with E-state index in [1.807, 2.05) is 32.8 Å². The average Bonchev–Trinajstić information content (AvgIpc) is 3.10. The highest BCUT2D eigenvalue weighted by Crippen LogP contribution is 2.42. The molecular weight excluding hydrogens is 460 g/mol. The van der Waals surface area contributed by atoms with Crippen molar-refractivity contribution in [3.63, 3.8) is 0 Å². The van der Waals surface area contributed by atoms with Gasteiger partial charge < -0.3 is 29.1 Å². The number of likely N-dealkylation sites (tertiary alicyclic amines) is 1. The molecule has 0 radical (unpaired) electrons. The van der Waals surface area contributed by atoms with Crippen molar-refractivity contribution in [3.05, 3.63) is 71.8 Å². The molecule has 2 aromatic carbocycles. The second kappa shape index (κ2) is 11.8. The number of rotatable bonds is 11. The zero-order valence-electron chi connectivity index (χ0n) is 21.5. The normalized spacial score (nSPS) is 17.1. The summed E-state index contributed by atoms with van der Waals surface area (Å²) in [6.07, 6.45) is 1.63. The molecule has 1 N–H and O–H groups in total. The Balaban J connectivity index is 2.11. The number of methoxy groups -OCH3 is 1. The van der Waals surface area contributed by atoms with Crippen LogP contribution in [-0.2, 0) is 9.59 Å².